The van der Waals surface area contributed by atoms with Crippen LogP contribution in [0.1, 0.15) is 44.6 Å². The smallest absolute Gasteiger partial charge is 0.182 e. The molecule has 1 unspecified atom stereocenters. The Hall–Kier alpha value is -0.880. The Morgan fingerprint density at radius 3 is 2.61 bits per heavy atom. The number of hydrogen-bond acceptors (Lipinski definition) is 5. The van der Waals surface area contributed by atoms with Gasteiger partial charge in [0.25, 0.3) is 0 Å². The number of carbonyl (C=O) groups is 1. The molecular weight excluding hydrogens is 308 g/mol. The summed E-state index contributed by atoms with van der Waals surface area (Å²) in [6, 6.07) is 9.80. The molecule has 23 heavy (non-hydrogen) atoms. The Balaban J connectivity index is 2.89. The average molecular weight is 339 g/mol. The average Bonchev–Trinajstić information content (AvgIpc) is 2.61. The van der Waals surface area contributed by atoms with E-state index in [4.69, 9.17) is 10.5 Å². The van der Waals surface area contributed by atoms with Crippen molar-refractivity contribution in [2.75, 3.05) is 18.9 Å². The van der Waals surface area contributed by atoms with Crippen molar-refractivity contribution in [1.29, 1.82) is 0 Å². The van der Waals surface area contributed by atoms with Gasteiger partial charge < -0.3 is 10.5 Å². The highest BCUT2D eigenvalue weighted by molar-refractivity contribution is 7.80. The van der Waals surface area contributed by atoms with Gasteiger partial charge >= 0.3 is 0 Å². The van der Waals surface area contributed by atoms with Gasteiger partial charge in [0.15, 0.2) is 12.0 Å². The lowest BCUT2D eigenvalue weighted by Gasteiger charge is -2.36. The zero-order valence-corrected chi connectivity index (χ0v) is 15.1. The van der Waals surface area contributed by atoms with Crippen LogP contribution in [-0.2, 0) is 9.53 Å². The minimum atomic E-state index is -1.06. The number of nitrogens with two attached hydrogens (primary N) is 1. The largest absolute Gasteiger partial charge is 0.353 e. The van der Waals surface area contributed by atoms with Crippen LogP contribution in [0.15, 0.2) is 30.3 Å². The fourth-order valence-electron chi connectivity index (χ4n) is 2.44. The van der Waals surface area contributed by atoms with E-state index in [0.717, 1.165) is 31.1 Å². The maximum atomic E-state index is 12.0. The van der Waals surface area contributed by atoms with Crippen molar-refractivity contribution in [3.05, 3.63) is 35.9 Å². The van der Waals surface area contributed by atoms with Crippen LogP contribution < -0.4 is 11.1 Å². The van der Waals surface area contributed by atoms with Crippen LogP contribution in [0, 0.1) is 0 Å². The van der Waals surface area contributed by atoms with Gasteiger partial charge in [-0.15, -0.1) is 0 Å². The Morgan fingerprint density at radius 1 is 1.35 bits per heavy atom. The summed E-state index contributed by atoms with van der Waals surface area (Å²) in [6.45, 7) is 5.17. The van der Waals surface area contributed by atoms with Gasteiger partial charge in [0.2, 0.25) is 0 Å². The number of benzene rings is 1. The molecule has 0 aliphatic rings. The van der Waals surface area contributed by atoms with E-state index in [0.29, 0.717) is 18.9 Å². The van der Waals surface area contributed by atoms with Crippen molar-refractivity contribution in [2.24, 2.45) is 5.73 Å². The highest BCUT2D eigenvalue weighted by atomic mass is 32.1. The predicted molar refractivity (Wildman–Crippen MR) is 99.0 cm³/mol. The van der Waals surface area contributed by atoms with E-state index < -0.39 is 5.72 Å². The third-order valence-electron chi connectivity index (χ3n) is 4.08. The molecule has 1 aromatic rings. The van der Waals surface area contributed by atoms with E-state index in [1.54, 1.807) is 0 Å². The monoisotopic (exact) mass is 338 g/mol. The van der Waals surface area contributed by atoms with Gasteiger partial charge in [-0.1, -0.05) is 57.0 Å². The first-order chi connectivity index (χ1) is 11.1. The number of nitrogens with one attached hydrogen (secondary N) is 1. The van der Waals surface area contributed by atoms with Crippen LogP contribution in [0.4, 0.5) is 0 Å². The second-order valence-electron chi connectivity index (χ2n) is 5.92. The second-order valence-corrected chi connectivity index (χ2v) is 6.29. The third-order valence-corrected chi connectivity index (χ3v) is 4.55. The van der Waals surface area contributed by atoms with Crippen molar-refractivity contribution >= 4 is 18.9 Å². The minimum absolute atomic E-state index is 0.116. The molecule has 0 aromatic heterocycles. The van der Waals surface area contributed by atoms with E-state index in [-0.39, 0.29) is 12.0 Å². The number of carbonyl (C=O) groups excluding carboxylic acids is 1. The molecular formula is C18H30N2O2S. The topological polar surface area (TPSA) is 64.3 Å². The molecule has 0 saturated carbocycles. The SMILES string of the molecule is CCCCCO[C@@](C=O)(NCC(N)CS)[C@@H](C)c1ccccc1. The van der Waals surface area contributed by atoms with Gasteiger partial charge in [0, 0.05) is 30.9 Å². The minimum Gasteiger partial charge on any atom is -0.353 e. The molecule has 1 aromatic carbocycles. The Bertz CT molecular complexity index is 444. The summed E-state index contributed by atoms with van der Waals surface area (Å²) in [5, 5.41) is 3.24. The van der Waals surface area contributed by atoms with Crippen molar-refractivity contribution in [3.63, 3.8) is 0 Å². The van der Waals surface area contributed by atoms with Crippen molar-refractivity contribution in [1.82, 2.24) is 5.32 Å². The highest BCUT2D eigenvalue weighted by Gasteiger charge is 2.38. The number of hydrogen-bond donors (Lipinski definition) is 3. The van der Waals surface area contributed by atoms with Gasteiger partial charge in [0.05, 0.1) is 0 Å². The van der Waals surface area contributed by atoms with Crippen molar-refractivity contribution in [2.45, 2.75) is 50.8 Å². The molecule has 0 aliphatic heterocycles. The summed E-state index contributed by atoms with van der Waals surface area (Å²) < 4.78 is 6.03. The molecule has 3 atom stereocenters. The molecule has 5 heteroatoms. The number of unbranched alkanes of at least 4 members (excludes halogenated alkanes) is 2. The lowest BCUT2D eigenvalue weighted by Crippen LogP contribution is -2.56. The summed E-state index contributed by atoms with van der Waals surface area (Å²) in [5.74, 6) is 0.437. The standard InChI is InChI=1S/C18H30N2O2S/c1-3-4-8-11-22-18(14-21,20-12-17(19)13-23)15(2)16-9-6-5-7-10-16/h5-7,9-10,14-15,17,20,23H,3-4,8,11-13,19H2,1-2H3/t15-,17?,18+/m0/s1. The first-order valence-corrected chi connectivity index (χ1v) is 8.99. The van der Waals surface area contributed by atoms with Gasteiger partial charge in [0.1, 0.15) is 0 Å². The first-order valence-electron chi connectivity index (χ1n) is 8.36. The van der Waals surface area contributed by atoms with Gasteiger partial charge in [-0.05, 0) is 12.0 Å². The normalized spacial score (nSPS) is 16.5. The fraction of sp³-hybridized carbons (Fsp3) is 0.611. The molecule has 0 bridgehead atoms. The van der Waals surface area contributed by atoms with Gasteiger partial charge in [-0.25, -0.2) is 0 Å². The van der Waals surface area contributed by atoms with Gasteiger partial charge in [-0.3, -0.25) is 10.1 Å². The molecule has 0 saturated heterocycles. The van der Waals surface area contributed by atoms with E-state index in [2.05, 4.69) is 24.9 Å². The second kappa shape index (κ2) is 10.8. The van der Waals surface area contributed by atoms with Gasteiger partial charge in [-0.2, -0.15) is 12.6 Å². The van der Waals surface area contributed by atoms with E-state index >= 15 is 0 Å². The molecule has 1 rings (SSSR count). The molecule has 3 N–H and O–H groups in total. The molecule has 130 valence electrons. The number of thiol groups is 1. The van der Waals surface area contributed by atoms with E-state index in [9.17, 15) is 4.79 Å². The molecule has 0 spiro atoms. The van der Waals surface area contributed by atoms with Crippen LogP contribution in [0.5, 0.6) is 0 Å². The van der Waals surface area contributed by atoms with Crippen LogP contribution in [0.3, 0.4) is 0 Å². The van der Waals surface area contributed by atoms with E-state index in [1.165, 1.54) is 0 Å². The summed E-state index contributed by atoms with van der Waals surface area (Å²) in [6.07, 6.45) is 4.02. The zero-order chi connectivity index (χ0) is 17.1. The number of rotatable bonds is 12. The Kier molecular flexibility index (Phi) is 9.48. The predicted octanol–water partition coefficient (Wildman–Crippen LogP) is 2.74. The Labute approximate surface area is 145 Å². The summed E-state index contributed by atoms with van der Waals surface area (Å²) in [7, 11) is 0. The number of ether oxygens (including phenoxy) is 1. The summed E-state index contributed by atoms with van der Waals surface area (Å²) in [5.41, 5.74) is 5.94. The quantitative estimate of drug-likeness (QED) is 0.237. The summed E-state index contributed by atoms with van der Waals surface area (Å²) in [4.78, 5) is 12.0. The molecule has 0 heterocycles. The van der Waals surface area contributed by atoms with Crippen LogP contribution >= 0.6 is 12.6 Å². The lowest BCUT2D eigenvalue weighted by atomic mass is 9.90. The molecule has 0 fully saturated rings. The fourth-order valence-corrected chi connectivity index (χ4v) is 2.57. The molecule has 0 amide bonds. The molecule has 4 nitrogen and oxygen atoms in total. The first kappa shape index (κ1) is 20.2. The highest BCUT2D eigenvalue weighted by Crippen LogP contribution is 2.28. The Morgan fingerprint density at radius 2 is 2.04 bits per heavy atom. The van der Waals surface area contributed by atoms with Crippen LogP contribution in [0.2, 0.25) is 0 Å². The maximum absolute atomic E-state index is 12.0. The zero-order valence-electron chi connectivity index (χ0n) is 14.2. The maximum Gasteiger partial charge on any atom is 0.182 e. The third kappa shape index (κ3) is 6.26. The van der Waals surface area contributed by atoms with Crippen LogP contribution in [-0.4, -0.2) is 37.0 Å². The van der Waals surface area contributed by atoms with Crippen LogP contribution in [0.25, 0.3) is 0 Å². The summed E-state index contributed by atoms with van der Waals surface area (Å²) >= 11 is 4.20. The lowest BCUT2D eigenvalue weighted by molar-refractivity contribution is -0.140. The van der Waals surface area contributed by atoms with E-state index in [1.807, 2.05) is 37.3 Å². The number of aldehydes is 1. The van der Waals surface area contributed by atoms with Crippen molar-refractivity contribution in [3.8, 4) is 0 Å². The molecule has 0 aliphatic carbocycles. The van der Waals surface area contributed by atoms with Crippen molar-refractivity contribution < 1.29 is 9.53 Å². The molecule has 0 radical (unpaired) electrons.